The fourth-order valence-electron chi connectivity index (χ4n) is 3.38. The number of nitrogens with one attached hydrogen (secondary N) is 1. The molecule has 1 aromatic carbocycles. The van der Waals surface area contributed by atoms with Crippen LogP contribution in [0.1, 0.15) is 44.7 Å². The summed E-state index contributed by atoms with van der Waals surface area (Å²) in [5.74, 6) is 8.15. The zero-order valence-electron chi connectivity index (χ0n) is 13.3. The number of benzene rings is 1. The standard InChI is InChI=1S/C17H29N3/c1-12-5-6-15(11-13(12)2)17(19-18)14-7-9-16(10-8-14)20(3)4/h7-10,12-13,15,17,19H,5-6,11,18H2,1-4H3. The zero-order chi connectivity index (χ0) is 14.7. The summed E-state index contributed by atoms with van der Waals surface area (Å²) in [6.07, 6.45) is 3.86. The number of hydrogen-bond donors (Lipinski definition) is 2. The summed E-state index contributed by atoms with van der Waals surface area (Å²) in [5, 5.41) is 0. The zero-order valence-corrected chi connectivity index (χ0v) is 13.3. The van der Waals surface area contributed by atoms with Crippen LogP contribution in [0.4, 0.5) is 5.69 Å². The molecule has 0 aromatic heterocycles. The van der Waals surface area contributed by atoms with E-state index in [4.69, 9.17) is 5.84 Å². The van der Waals surface area contributed by atoms with Gasteiger partial charge in [0.1, 0.15) is 0 Å². The second-order valence-corrected chi connectivity index (χ2v) is 6.66. The Morgan fingerprint density at radius 1 is 1.10 bits per heavy atom. The minimum absolute atomic E-state index is 0.279. The first-order valence-electron chi connectivity index (χ1n) is 7.76. The monoisotopic (exact) mass is 275 g/mol. The average molecular weight is 275 g/mol. The molecule has 3 nitrogen and oxygen atoms in total. The van der Waals surface area contributed by atoms with Crippen molar-refractivity contribution in [2.45, 2.75) is 39.2 Å². The van der Waals surface area contributed by atoms with E-state index in [0.717, 1.165) is 11.8 Å². The summed E-state index contributed by atoms with van der Waals surface area (Å²) in [7, 11) is 4.13. The van der Waals surface area contributed by atoms with Crippen molar-refractivity contribution >= 4 is 5.69 Å². The molecule has 0 saturated heterocycles. The van der Waals surface area contributed by atoms with Gasteiger partial charge in [-0.2, -0.15) is 0 Å². The van der Waals surface area contributed by atoms with Gasteiger partial charge in [-0.25, -0.2) is 0 Å². The minimum atomic E-state index is 0.279. The summed E-state index contributed by atoms with van der Waals surface area (Å²) in [6.45, 7) is 4.75. The van der Waals surface area contributed by atoms with Gasteiger partial charge in [0.15, 0.2) is 0 Å². The van der Waals surface area contributed by atoms with Crippen molar-refractivity contribution in [1.29, 1.82) is 0 Å². The van der Waals surface area contributed by atoms with Crippen LogP contribution in [-0.2, 0) is 0 Å². The van der Waals surface area contributed by atoms with Crippen LogP contribution in [-0.4, -0.2) is 14.1 Å². The van der Waals surface area contributed by atoms with Gasteiger partial charge in [0, 0.05) is 25.8 Å². The molecule has 0 spiro atoms. The van der Waals surface area contributed by atoms with Gasteiger partial charge < -0.3 is 4.90 Å². The number of nitrogens with two attached hydrogens (primary N) is 1. The number of rotatable bonds is 4. The van der Waals surface area contributed by atoms with Gasteiger partial charge in [-0.05, 0) is 48.3 Å². The van der Waals surface area contributed by atoms with Crippen molar-refractivity contribution in [1.82, 2.24) is 5.43 Å². The van der Waals surface area contributed by atoms with Crippen LogP contribution in [0.5, 0.6) is 0 Å². The lowest BCUT2D eigenvalue weighted by Crippen LogP contribution is -2.36. The fourth-order valence-corrected chi connectivity index (χ4v) is 3.38. The maximum atomic E-state index is 5.85. The van der Waals surface area contributed by atoms with Crippen LogP contribution in [0, 0.1) is 17.8 Å². The molecule has 0 amide bonds. The van der Waals surface area contributed by atoms with E-state index in [1.807, 2.05) is 0 Å². The Morgan fingerprint density at radius 2 is 1.75 bits per heavy atom. The molecular weight excluding hydrogens is 246 g/mol. The van der Waals surface area contributed by atoms with Crippen molar-refractivity contribution in [3.8, 4) is 0 Å². The van der Waals surface area contributed by atoms with Crippen molar-refractivity contribution in [3.05, 3.63) is 29.8 Å². The predicted molar refractivity (Wildman–Crippen MR) is 86.5 cm³/mol. The lowest BCUT2D eigenvalue weighted by Gasteiger charge is -2.36. The van der Waals surface area contributed by atoms with Gasteiger partial charge in [-0.1, -0.05) is 32.4 Å². The molecule has 1 saturated carbocycles. The van der Waals surface area contributed by atoms with Gasteiger partial charge in [0.25, 0.3) is 0 Å². The first-order chi connectivity index (χ1) is 9.52. The highest BCUT2D eigenvalue weighted by Crippen LogP contribution is 2.39. The molecule has 2 rings (SSSR count). The first kappa shape index (κ1) is 15.3. The van der Waals surface area contributed by atoms with Crippen molar-refractivity contribution < 1.29 is 0 Å². The molecule has 20 heavy (non-hydrogen) atoms. The van der Waals surface area contributed by atoms with Crippen LogP contribution in [0.2, 0.25) is 0 Å². The fraction of sp³-hybridized carbons (Fsp3) is 0.647. The van der Waals surface area contributed by atoms with E-state index in [2.05, 4.69) is 62.5 Å². The molecule has 0 aliphatic heterocycles. The third-order valence-corrected chi connectivity index (χ3v) is 5.06. The van der Waals surface area contributed by atoms with Gasteiger partial charge in [-0.3, -0.25) is 11.3 Å². The SMILES string of the molecule is CC1CCC(C(NN)c2ccc(N(C)C)cc2)CC1C. The lowest BCUT2D eigenvalue weighted by molar-refractivity contribution is 0.171. The van der Waals surface area contributed by atoms with Crippen molar-refractivity contribution in [3.63, 3.8) is 0 Å². The number of nitrogens with zero attached hydrogens (tertiary/aromatic N) is 1. The molecule has 0 bridgehead atoms. The summed E-state index contributed by atoms with van der Waals surface area (Å²) in [5.41, 5.74) is 5.60. The Kier molecular flexibility index (Phi) is 5.06. The normalized spacial score (nSPS) is 28.1. The van der Waals surface area contributed by atoms with E-state index in [1.54, 1.807) is 0 Å². The van der Waals surface area contributed by atoms with E-state index in [1.165, 1.54) is 30.5 Å². The summed E-state index contributed by atoms with van der Waals surface area (Å²) < 4.78 is 0. The van der Waals surface area contributed by atoms with Gasteiger partial charge >= 0.3 is 0 Å². The van der Waals surface area contributed by atoms with E-state index in [0.29, 0.717) is 5.92 Å². The van der Waals surface area contributed by atoms with E-state index in [-0.39, 0.29) is 6.04 Å². The maximum absolute atomic E-state index is 5.85. The summed E-state index contributed by atoms with van der Waals surface area (Å²) >= 11 is 0. The number of hydrogen-bond acceptors (Lipinski definition) is 3. The molecule has 3 heteroatoms. The third-order valence-electron chi connectivity index (χ3n) is 5.06. The van der Waals surface area contributed by atoms with E-state index in [9.17, 15) is 0 Å². The Balaban J connectivity index is 2.11. The Morgan fingerprint density at radius 3 is 2.25 bits per heavy atom. The highest BCUT2D eigenvalue weighted by atomic mass is 15.2. The van der Waals surface area contributed by atoms with Crippen molar-refractivity contribution in [2.75, 3.05) is 19.0 Å². The Bertz CT molecular complexity index is 413. The minimum Gasteiger partial charge on any atom is -0.378 e. The molecule has 112 valence electrons. The van der Waals surface area contributed by atoms with Crippen LogP contribution < -0.4 is 16.2 Å². The van der Waals surface area contributed by atoms with E-state index >= 15 is 0 Å². The smallest absolute Gasteiger partial charge is 0.0488 e. The molecule has 3 N–H and O–H groups in total. The average Bonchev–Trinajstić information content (AvgIpc) is 2.44. The molecule has 1 aliphatic rings. The van der Waals surface area contributed by atoms with Crippen LogP contribution in [0.15, 0.2) is 24.3 Å². The predicted octanol–water partition coefficient (Wildman–Crippen LogP) is 3.33. The van der Waals surface area contributed by atoms with Crippen LogP contribution in [0.25, 0.3) is 0 Å². The topological polar surface area (TPSA) is 41.3 Å². The highest BCUT2D eigenvalue weighted by Gasteiger charge is 2.30. The van der Waals surface area contributed by atoms with Crippen LogP contribution in [0.3, 0.4) is 0 Å². The molecule has 0 heterocycles. The number of hydrazine groups is 1. The Hall–Kier alpha value is -1.06. The highest BCUT2D eigenvalue weighted by molar-refractivity contribution is 5.46. The molecule has 4 atom stereocenters. The molecule has 1 fully saturated rings. The molecule has 1 aromatic rings. The molecule has 1 aliphatic carbocycles. The van der Waals surface area contributed by atoms with E-state index < -0.39 is 0 Å². The number of anilines is 1. The summed E-state index contributed by atoms with van der Waals surface area (Å²) in [6, 6.07) is 9.05. The summed E-state index contributed by atoms with van der Waals surface area (Å²) in [4.78, 5) is 2.12. The molecule has 4 unspecified atom stereocenters. The first-order valence-corrected chi connectivity index (χ1v) is 7.76. The Labute approximate surface area is 123 Å². The lowest BCUT2D eigenvalue weighted by atomic mass is 9.72. The quantitative estimate of drug-likeness (QED) is 0.654. The van der Waals surface area contributed by atoms with Gasteiger partial charge in [0.2, 0.25) is 0 Å². The largest absolute Gasteiger partial charge is 0.378 e. The second-order valence-electron chi connectivity index (χ2n) is 6.66. The van der Waals surface area contributed by atoms with Gasteiger partial charge in [-0.15, -0.1) is 0 Å². The van der Waals surface area contributed by atoms with Crippen LogP contribution >= 0.6 is 0 Å². The maximum Gasteiger partial charge on any atom is 0.0488 e. The third kappa shape index (κ3) is 3.33. The van der Waals surface area contributed by atoms with Crippen molar-refractivity contribution in [2.24, 2.45) is 23.6 Å². The molecule has 0 radical (unpaired) electrons. The van der Waals surface area contributed by atoms with Gasteiger partial charge in [0.05, 0.1) is 0 Å². The second kappa shape index (κ2) is 6.59. The molecular formula is C17H29N3.